The summed E-state index contributed by atoms with van der Waals surface area (Å²) in [4.78, 5) is 14.6. The normalized spacial score (nSPS) is 24.1. The molecule has 0 spiro atoms. The highest BCUT2D eigenvalue weighted by Gasteiger charge is 2.27. The first-order valence-corrected chi connectivity index (χ1v) is 10.3. The van der Waals surface area contributed by atoms with Gasteiger partial charge in [0.2, 0.25) is 0 Å². The van der Waals surface area contributed by atoms with E-state index in [0.29, 0.717) is 13.2 Å². The highest BCUT2D eigenvalue weighted by atomic mass is 35.5. The second-order valence-corrected chi connectivity index (χ2v) is 8.11. The predicted molar refractivity (Wildman–Crippen MR) is 103 cm³/mol. The number of alkyl halides is 1. The second-order valence-electron chi connectivity index (χ2n) is 6.51. The minimum absolute atomic E-state index is 0.111. The van der Waals surface area contributed by atoms with E-state index in [1.807, 2.05) is 6.20 Å². The molecule has 2 atom stereocenters. The quantitative estimate of drug-likeness (QED) is 0.741. The smallest absolute Gasteiger partial charge is 0.143 e. The van der Waals surface area contributed by atoms with E-state index in [1.165, 1.54) is 4.88 Å². The average molecular weight is 398 g/mol. The maximum absolute atomic E-state index is 6.24. The van der Waals surface area contributed by atoms with Crippen molar-refractivity contribution in [3.8, 4) is 0 Å². The Hall–Kier alpha value is -0.870. The van der Waals surface area contributed by atoms with Gasteiger partial charge in [0.05, 0.1) is 36.2 Å². The first-order valence-electron chi connectivity index (χ1n) is 9.02. The molecule has 2 aliphatic rings. The monoisotopic (exact) mass is 397 g/mol. The Labute approximate surface area is 162 Å². The zero-order valence-electron chi connectivity index (χ0n) is 14.6. The summed E-state index contributed by atoms with van der Waals surface area (Å²) < 4.78 is 12.0. The molecule has 142 valence electrons. The van der Waals surface area contributed by atoms with E-state index in [2.05, 4.69) is 31.2 Å². The van der Waals surface area contributed by atoms with Crippen LogP contribution in [0.3, 0.4) is 0 Å². The molecule has 2 aromatic rings. The van der Waals surface area contributed by atoms with Crippen molar-refractivity contribution in [3.05, 3.63) is 23.5 Å². The molecule has 0 amide bonds. The lowest BCUT2D eigenvalue weighted by molar-refractivity contribution is -0.0127. The van der Waals surface area contributed by atoms with Gasteiger partial charge >= 0.3 is 0 Å². The maximum atomic E-state index is 6.24. The number of ether oxygens (including phenoxy) is 2. The molecule has 7 nitrogen and oxygen atoms in total. The Kier molecular flexibility index (Phi) is 6.31. The fraction of sp³-hybridized carbons (Fsp3) is 0.647. The van der Waals surface area contributed by atoms with Crippen LogP contribution in [0.1, 0.15) is 11.0 Å². The van der Waals surface area contributed by atoms with Gasteiger partial charge in [-0.3, -0.25) is 15.1 Å². The third-order valence-electron chi connectivity index (χ3n) is 4.77. The van der Waals surface area contributed by atoms with Gasteiger partial charge in [-0.1, -0.05) is 11.6 Å². The molecule has 0 aromatic carbocycles. The Morgan fingerprint density at radius 1 is 1.31 bits per heavy atom. The molecule has 2 unspecified atom stereocenters. The second kappa shape index (κ2) is 8.88. The van der Waals surface area contributed by atoms with Crippen molar-refractivity contribution < 1.29 is 9.47 Å². The zero-order chi connectivity index (χ0) is 17.8. The summed E-state index contributed by atoms with van der Waals surface area (Å²) in [6, 6.07) is 2.16. The van der Waals surface area contributed by atoms with Crippen LogP contribution in [0.2, 0.25) is 0 Å². The maximum Gasteiger partial charge on any atom is 0.143 e. The molecule has 2 fully saturated rings. The molecule has 0 bridgehead atoms. The highest BCUT2D eigenvalue weighted by molar-refractivity contribution is 7.19. The number of fused-ring (bicyclic) bond motifs is 1. The first kappa shape index (κ1) is 18.5. The Bertz CT molecular complexity index is 678. The Morgan fingerprint density at radius 2 is 2.19 bits per heavy atom. The van der Waals surface area contributed by atoms with Gasteiger partial charge in [0, 0.05) is 50.3 Å². The van der Waals surface area contributed by atoms with Crippen LogP contribution in [0.4, 0.5) is 0 Å². The number of rotatable bonds is 6. The van der Waals surface area contributed by atoms with Gasteiger partial charge in [0.25, 0.3) is 0 Å². The van der Waals surface area contributed by atoms with E-state index in [1.54, 1.807) is 17.7 Å². The summed E-state index contributed by atoms with van der Waals surface area (Å²) in [5.74, 6) is 0. The molecule has 0 saturated carbocycles. The van der Waals surface area contributed by atoms with E-state index < -0.39 is 0 Å². The molecule has 4 rings (SSSR count). The molecule has 9 heteroatoms. The lowest BCUT2D eigenvalue weighted by Gasteiger charge is -2.37. The van der Waals surface area contributed by atoms with Gasteiger partial charge in [0.1, 0.15) is 11.9 Å². The van der Waals surface area contributed by atoms with Gasteiger partial charge in [-0.2, -0.15) is 0 Å². The third-order valence-corrected chi connectivity index (χ3v) is 6.15. The largest absolute Gasteiger partial charge is 0.379 e. The summed E-state index contributed by atoms with van der Waals surface area (Å²) >= 11 is 7.98. The fourth-order valence-corrected chi connectivity index (χ4v) is 4.76. The molecule has 4 heterocycles. The summed E-state index contributed by atoms with van der Waals surface area (Å²) in [5.41, 5.74) is 0.733. The topological polar surface area (TPSA) is 62.8 Å². The number of halogens is 1. The first-order chi connectivity index (χ1) is 12.8. The number of morpholine rings is 2. The van der Waals surface area contributed by atoms with Crippen molar-refractivity contribution in [1.82, 2.24) is 25.1 Å². The molecule has 2 aliphatic heterocycles. The number of nitrogens with one attached hydrogen (secondary N) is 1. The van der Waals surface area contributed by atoms with Crippen molar-refractivity contribution in [2.45, 2.75) is 11.7 Å². The van der Waals surface area contributed by atoms with Crippen LogP contribution in [-0.2, 0) is 9.47 Å². The molecular weight excluding hydrogens is 374 g/mol. The van der Waals surface area contributed by atoms with Gasteiger partial charge in [-0.25, -0.2) is 9.97 Å². The number of hydrogen-bond acceptors (Lipinski definition) is 8. The van der Waals surface area contributed by atoms with Crippen LogP contribution in [-0.4, -0.2) is 84.4 Å². The van der Waals surface area contributed by atoms with Crippen molar-refractivity contribution in [1.29, 1.82) is 0 Å². The van der Waals surface area contributed by atoms with Gasteiger partial charge in [-0.15, -0.1) is 11.3 Å². The predicted octanol–water partition coefficient (Wildman–Crippen LogP) is 1.51. The molecule has 0 radical (unpaired) electrons. The third kappa shape index (κ3) is 4.51. The minimum Gasteiger partial charge on any atom is -0.379 e. The average Bonchev–Trinajstić information content (AvgIpc) is 3.10. The fourth-order valence-electron chi connectivity index (χ4n) is 3.39. The zero-order valence-corrected chi connectivity index (χ0v) is 16.2. The molecule has 26 heavy (non-hydrogen) atoms. The summed E-state index contributed by atoms with van der Waals surface area (Å²) in [7, 11) is 0. The molecular formula is C17H24ClN5O2S. The van der Waals surface area contributed by atoms with E-state index in [0.717, 1.165) is 56.2 Å². The van der Waals surface area contributed by atoms with Crippen LogP contribution in [0, 0.1) is 0 Å². The van der Waals surface area contributed by atoms with E-state index >= 15 is 0 Å². The standard InChI is InChI=1S/C17H24ClN5O2S/c18-16-11-23(5-8-25-16)17(20-1-2-22-3-6-24-7-4-22)14-9-13-15(26-14)10-19-12-21-13/h9-10,12,16-17,20H,1-8,11H2. The van der Waals surface area contributed by atoms with Crippen molar-refractivity contribution in [2.24, 2.45) is 0 Å². The SMILES string of the molecule is ClC1CN(C(NCCN2CCOCC2)c2cc3ncncc3s2)CCO1. The van der Waals surface area contributed by atoms with Crippen molar-refractivity contribution >= 4 is 33.2 Å². The number of aromatic nitrogens is 2. The van der Waals surface area contributed by atoms with Gasteiger partial charge in [-0.05, 0) is 6.07 Å². The lowest BCUT2D eigenvalue weighted by Crippen LogP contribution is -2.48. The summed E-state index contributed by atoms with van der Waals surface area (Å²) in [6.07, 6.45) is 3.59. The van der Waals surface area contributed by atoms with Crippen LogP contribution in [0.25, 0.3) is 10.2 Å². The van der Waals surface area contributed by atoms with Crippen LogP contribution in [0.15, 0.2) is 18.6 Å². The van der Waals surface area contributed by atoms with Crippen LogP contribution < -0.4 is 5.32 Å². The summed E-state index contributed by atoms with van der Waals surface area (Å²) in [5, 5.41) is 3.73. The minimum atomic E-state index is -0.263. The van der Waals surface area contributed by atoms with Crippen molar-refractivity contribution in [2.75, 3.05) is 59.1 Å². The molecule has 2 aromatic heterocycles. The molecule has 0 aliphatic carbocycles. The van der Waals surface area contributed by atoms with Crippen LogP contribution >= 0.6 is 22.9 Å². The number of hydrogen-bond donors (Lipinski definition) is 1. The van der Waals surface area contributed by atoms with Gasteiger partial charge < -0.3 is 9.47 Å². The van der Waals surface area contributed by atoms with Gasteiger partial charge in [0.15, 0.2) is 0 Å². The van der Waals surface area contributed by atoms with Crippen LogP contribution in [0.5, 0.6) is 0 Å². The van der Waals surface area contributed by atoms with Crippen molar-refractivity contribution in [3.63, 3.8) is 0 Å². The Balaban J connectivity index is 1.47. The van der Waals surface area contributed by atoms with E-state index in [4.69, 9.17) is 21.1 Å². The highest BCUT2D eigenvalue weighted by Crippen LogP contribution is 2.31. The molecule has 2 saturated heterocycles. The lowest BCUT2D eigenvalue weighted by atomic mass is 10.2. The Morgan fingerprint density at radius 3 is 3.00 bits per heavy atom. The number of thiophene rings is 1. The summed E-state index contributed by atoms with van der Waals surface area (Å²) in [6.45, 7) is 7.81. The van der Waals surface area contributed by atoms with E-state index in [-0.39, 0.29) is 11.7 Å². The molecule has 1 N–H and O–H groups in total. The number of nitrogens with zero attached hydrogens (tertiary/aromatic N) is 4. The van der Waals surface area contributed by atoms with E-state index in [9.17, 15) is 0 Å².